The Labute approximate surface area is 212 Å². The van der Waals surface area contributed by atoms with E-state index >= 15 is 0 Å². The second-order valence-electron chi connectivity index (χ2n) is 8.67. The Morgan fingerprint density at radius 3 is 2.76 bits per heavy atom. The number of pyridine rings is 1. The fraction of sp³-hybridized carbons (Fsp3) is 0.360. The number of alkyl carbamates (subject to hydrolysis) is 1. The Kier molecular flexibility index (Phi) is 7.50. The standard InChI is InChI=1S/C25H28IN5O3/c1-15(2)22(30-25(33)34-3)24(32)31-11-5-7-21(31)23-28-14-20(29-23)16-8-9-19(26)18(12-16)17-6-4-10-27-13-17/h4,6,8-10,12-15,21-22H,5,7,11H2,1-3H3,(H,28,29)(H,30,33)/t21?,22-/m0/s1. The molecule has 34 heavy (non-hydrogen) atoms. The number of nitrogens with zero attached hydrogens (tertiary/aromatic N) is 3. The highest BCUT2D eigenvalue weighted by Gasteiger charge is 2.37. The minimum Gasteiger partial charge on any atom is -0.453 e. The van der Waals surface area contributed by atoms with Crippen LogP contribution in [0.2, 0.25) is 0 Å². The third-order valence-electron chi connectivity index (χ3n) is 6.09. The number of imidazole rings is 1. The molecule has 1 aliphatic heterocycles. The number of aromatic nitrogens is 3. The van der Waals surface area contributed by atoms with E-state index in [1.54, 1.807) is 6.20 Å². The highest BCUT2D eigenvalue weighted by Crippen LogP contribution is 2.34. The zero-order chi connectivity index (χ0) is 24.2. The van der Waals surface area contributed by atoms with Gasteiger partial charge >= 0.3 is 6.09 Å². The lowest BCUT2D eigenvalue weighted by Crippen LogP contribution is -2.51. The Balaban J connectivity index is 1.58. The van der Waals surface area contributed by atoms with Crippen LogP contribution in [0.3, 0.4) is 0 Å². The minimum atomic E-state index is -0.652. The average molecular weight is 573 g/mol. The molecule has 2 aromatic heterocycles. The molecule has 2 atom stereocenters. The normalized spacial score (nSPS) is 16.5. The van der Waals surface area contributed by atoms with E-state index in [1.165, 1.54) is 7.11 Å². The Morgan fingerprint density at radius 2 is 2.06 bits per heavy atom. The maximum atomic E-state index is 13.3. The van der Waals surface area contributed by atoms with Gasteiger partial charge in [0, 0.05) is 33.6 Å². The minimum absolute atomic E-state index is 0.0716. The van der Waals surface area contributed by atoms with E-state index in [1.807, 2.05) is 43.3 Å². The molecule has 0 radical (unpaired) electrons. The number of methoxy groups -OCH3 is 1. The fourth-order valence-electron chi connectivity index (χ4n) is 4.28. The molecule has 3 heterocycles. The van der Waals surface area contributed by atoms with Gasteiger partial charge in [0.1, 0.15) is 11.9 Å². The van der Waals surface area contributed by atoms with E-state index in [-0.39, 0.29) is 17.9 Å². The molecule has 1 fully saturated rings. The van der Waals surface area contributed by atoms with Crippen LogP contribution < -0.4 is 5.32 Å². The second-order valence-corrected chi connectivity index (χ2v) is 9.83. The van der Waals surface area contributed by atoms with Crippen molar-refractivity contribution in [1.29, 1.82) is 0 Å². The van der Waals surface area contributed by atoms with Crippen LogP contribution >= 0.6 is 22.6 Å². The summed E-state index contributed by atoms with van der Waals surface area (Å²) in [4.78, 5) is 39.3. The van der Waals surface area contributed by atoms with Crippen molar-refractivity contribution in [3.63, 3.8) is 0 Å². The van der Waals surface area contributed by atoms with Gasteiger partial charge in [-0.05, 0) is 65.1 Å². The maximum Gasteiger partial charge on any atom is 0.407 e. The highest BCUT2D eigenvalue weighted by molar-refractivity contribution is 14.1. The number of carbonyl (C=O) groups is 2. The quantitative estimate of drug-likeness (QED) is 0.414. The lowest BCUT2D eigenvalue weighted by molar-refractivity contribution is -0.135. The summed E-state index contributed by atoms with van der Waals surface area (Å²) >= 11 is 2.33. The summed E-state index contributed by atoms with van der Waals surface area (Å²) in [6.45, 7) is 4.44. The SMILES string of the molecule is COC(=O)N[C@H](C(=O)N1CCCC1c1ncc(-c2ccc(I)c(-c3cccnc3)c2)[nH]1)C(C)C. The average Bonchev–Trinajstić information content (AvgIpc) is 3.52. The molecule has 2 amide bonds. The number of likely N-dealkylation sites (tertiary alicyclic amines) is 1. The van der Waals surface area contributed by atoms with Gasteiger partial charge in [-0.15, -0.1) is 0 Å². The molecule has 1 saturated heterocycles. The van der Waals surface area contributed by atoms with Gasteiger partial charge in [0.15, 0.2) is 0 Å². The number of aromatic amines is 1. The topological polar surface area (TPSA) is 100 Å². The van der Waals surface area contributed by atoms with Gasteiger partial charge in [-0.2, -0.15) is 0 Å². The zero-order valence-corrected chi connectivity index (χ0v) is 21.6. The molecule has 0 spiro atoms. The van der Waals surface area contributed by atoms with E-state index in [0.29, 0.717) is 6.54 Å². The molecule has 0 bridgehead atoms. The molecule has 1 aromatic carbocycles. The number of rotatable bonds is 6. The first-order chi connectivity index (χ1) is 16.4. The van der Waals surface area contributed by atoms with Crippen molar-refractivity contribution in [2.45, 2.75) is 38.8 Å². The predicted octanol–water partition coefficient (Wildman–Crippen LogP) is 4.79. The van der Waals surface area contributed by atoms with Crippen molar-refractivity contribution in [2.24, 2.45) is 5.92 Å². The van der Waals surface area contributed by atoms with Gasteiger partial charge < -0.3 is 19.9 Å². The van der Waals surface area contributed by atoms with E-state index in [0.717, 1.165) is 44.6 Å². The molecule has 9 heteroatoms. The molecule has 8 nitrogen and oxygen atoms in total. The summed E-state index contributed by atoms with van der Waals surface area (Å²) in [5.74, 6) is 0.564. The molecular formula is C25H28IN5O3. The van der Waals surface area contributed by atoms with Gasteiger partial charge in [-0.3, -0.25) is 9.78 Å². The van der Waals surface area contributed by atoms with Crippen LogP contribution in [-0.4, -0.2) is 51.5 Å². The van der Waals surface area contributed by atoms with Crippen LogP contribution in [0.15, 0.2) is 48.9 Å². The van der Waals surface area contributed by atoms with E-state index in [9.17, 15) is 9.59 Å². The summed E-state index contributed by atoms with van der Waals surface area (Å²) in [6, 6.07) is 9.42. The molecule has 1 unspecified atom stereocenters. The Bertz CT molecular complexity index is 1160. The molecule has 0 saturated carbocycles. The predicted molar refractivity (Wildman–Crippen MR) is 138 cm³/mol. The van der Waals surface area contributed by atoms with Crippen LogP contribution in [-0.2, 0) is 9.53 Å². The first-order valence-corrected chi connectivity index (χ1v) is 12.4. The highest BCUT2D eigenvalue weighted by atomic mass is 127. The van der Waals surface area contributed by atoms with Crippen LogP contribution in [0.4, 0.5) is 4.79 Å². The van der Waals surface area contributed by atoms with E-state index in [4.69, 9.17) is 4.74 Å². The van der Waals surface area contributed by atoms with Gasteiger partial charge in [0.25, 0.3) is 0 Å². The number of carbonyl (C=O) groups excluding carboxylic acids is 2. The van der Waals surface area contributed by atoms with Gasteiger partial charge in [0.05, 0.1) is 25.0 Å². The molecule has 0 aliphatic carbocycles. The first kappa shape index (κ1) is 24.2. The lowest BCUT2D eigenvalue weighted by Gasteiger charge is -2.30. The number of hydrogen-bond donors (Lipinski definition) is 2. The van der Waals surface area contributed by atoms with Crippen molar-refractivity contribution < 1.29 is 14.3 Å². The van der Waals surface area contributed by atoms with Crippen molar-refractivity contribution >= 4 is 34.6 Å². The Hall–Kier alpha value is -2.95. The third kappa shape index (κ3) is 5.08. The molecule has 178 valence electrons. The second kappa shape index (κ2) is 10.5. The monoisotopic (exact) mass is 573 g/mol. The largest absolute Gasteiger partial charge is 0.453 e. The summed E-state index contributed by atoms with van der Waals surface area (Å²) in [7, 11) is 1.30. The number of amides is 2. The van der Waals surface area contributed by atoms with E-state index < -0.39 is 12.1 Å². The van der Waals surface area contributed by atoms with Crippen LogP contribution in [0, 0.1) is 9.49 Å². The van der Waals surface area contributed by atoms with Gasteiger partial charge in [-0.1, -0.05) is 26.0 Å². The molecular weight excluding hydrogens is 545 g/mol. The number of nitrogens with one attached hydrogen (secondary N) is 2. The van der Waals surface area contributed by atoms with Crippen LogP contribution in [0.25, 0.3) is 22.4 Å². The van der Waals surface area contributed by atoms with Crippen molar-refractivity contribution in [3.8, 4) is 22.4 Å². The number of benzene rings is 1. The maximum absolute atomic E-state index is 13.3. The number of hydrogen-bond acceptors (Lipinski definition) is 5. The van der Waals surface area contributed by atoms with Crippen molar-refractivity contribution in [1.82, 2.24) is 25.2 Å². The van der Waals surface area contributed by atoms with Gasteiger partial charge in [0.2, 0.25) is 5.91 Å². The van der Waals surface area contributed by atoms with E-state index in [2.05, 4.69) is 61.1 Å². The van der Waals surface area contributed by atoms with Gasteiger partial charge in [-0.25, -0.2) is 9.78 Å². The smallest absolute Gasteiger partial charge is 0.407 e. The summed E-state index contributed by atoms with van der Waals surface area (Å²) in [5.41, 5.74) is 4.07. The lowest BCUT2D eigenvalue weighted by atomic mass is 10.0. The number of ether oxygens (including phenoxy) is 1. The fourth-order valence-corrected chi connectivity index (χ4v) is 4.93. The van der Waals surface area contributed by atoms with Crippen molar-refractivity contribution in [3.05, 3.63) is 58.3 Å². The molecule has 4 rings (SSSR count). The molecule has 1 aliphatic rings. The summed E-state index contributed by atoms with van der Waals surface area (Å²) in [5, 5.41) is 2.68. The van der Waals surface area contributed by atoms with Crippen molar-refractivity contribution in [2.75, 3.05) is 13.7 Å². The summed E-state index contributed by atoms with van der Waals surface area (Å²) in [6.07, 6.45) is 6.53. The Morgan fingerprint density at radius 1 is 1.24 bits per heavy atom. The first-order valence-electron chi connectivity index (χ1n) is 11.3. The van der Waals surface area contributed by atoms with Crippen LogP contribution in [0.1, 0.15) is 38.6 Å². The molecule has 2 N–H and O–H groups in total. The zero-order valence-electron chi connectivity index (χ0n) is 19.4. The number of H-pyrrole nitrogens is 1. The van der Waals surface area contributed by atoms with Crippen LogP contribution in [0.5, 0.6) is 0 Å². The number of halogens is 1. The molecule has 3 aromatic rings. The third-order valence-corrected chi connectivity index (χ3v) is 7.03. The summed E-state index contributed by atoms with van der Waals surface area (Å²) < 4.78 is 5.85.